The van der Waals surface area contributed by atoms with E-state index in [4.69, 9.17) is 22.1 Å². The molecule has 0 atom stereocenters. The smallest absolute Gasteiger partial charge is 0.141 e. The van der Waals surface area contributed by atoms with Crippen molar-refractivity contribution < 1.29 is 4.74 Å². The average molecular weight is 287 g/mol. The maximum Gasteiger partial charge on any atom is 0.141 e. The maximum atomic E-state index is 6.26. The molecule has 0 radical (unpaired) electrons. The van der Waals surface area contributed by atoms with Crippen LogP contribution < -0.4 is 10.5 Å². The van der Waals surface area contributed by atoms with Crippen molar-refractivity contribution in [3.8, 4) is 5.75 Å². The van der Waals surface area contributed by atoms with Gasteiger partial charge in [-0.05, 0) is 23.8 Å². The minimum atomic E-state index is 0.646. The second-order valence-corrected chi connectivity index (χ2v) is 5.11. The highest BCUT2D eigenvalue weighted by molar-refractivity contribution is 6.35. The number of anilines is 1. The fourth-order valence-electron chi connectivity index (χ4n) is 2.41. The summed E-state index contributed by atoms with van der Waals surface area (Å²) in [6.07, 6.45) is 1.95. The summed E-state index contributed by atoms with van der Waals surface area (Å²) in [5.74, 6) is 0.698. The van der Waals surface area contributed by atoms with Gasteiger partial charge in [-0.25, -0.2) is 0 Å². The quantitative estimate of drug-likeness (QED) is 0.741. The van der Waals surface area contributed by atoms with Crippen LogP contribution in [-0.2, 0) is 6.54 Å². The van der Waals surface area contributed by atoms with Gasteiger partial charge in [0.25, 0.3) is 0 Å². The van der Waals surface area contributed by atoms with Gasteiger partial charge in [0.1, 0.15) is 5.75 Å². The molecule has 0 aliphatic rings. The lowest BCUT2D eigenvalue weighted by Gasteiger charge is -2.09. The number of ether oxygens (including phenoxy) is 1. The Balaban J connectivity index is 1.99. The molecule has 0 saturated carbocycles. The van der Waals surface area contributed by atoms with Gasteiger partial charge in [0, 0.05) is 23.6 Å². The van der Waals surface area contributed by atoms with Crippen molar-refractivity contribution in [2.45, 2.75) is 6.54 Å². The first-order chi connectivity index (χ1) is 9.69. The van der Waals surface area contributed by atoms with E-state index in [1.165, 1.54) is 0 Å². The topological polar surface area (TPSA) is 40.2 Å². The number of rotatable bonds is 3. The Kier molecular flexibility index (Phi) is 3.28. The van der Waals surface area contributed by atoms with Crippen molar-refractivity contribution in [2.75, 3.05) is 12.8 Å². The molecule has 0 unspecified atom stereocenters. The van der Waals surface area contributed by atoms with Gasteiger partial charge in [-0.15, -0.1) is 0 Å². The normalized spacial score (nSPS) is 10.9. The van der Waals surface area contributed by atoms with Gasteiger partial charge in [0.15, 0.2) is 0 Å². The summed E-state index contributed by atoms with van der Waals surface area (Å²) in [5.41, 5.74) is 8.82. The van der Waals surface area contributed by atoms with Crippen LogP contribution in [0.2, 0.25) is 5.02 Å². The molecule has 1 heterocycles. The molecule has 20 heavy (non-hydrogen) atoms. The van der Waals surface area contributed by atoms with E-state index in [0.717, 1.165) is 28.0 Å². The SMILES string of the molecule is COc1ccc(Cn2cc(Cl)c3ccccc32)cc1N. The summed E-state index contributed by atoms with van der Waals surface area (Å²) in [6, 6.07) is 13.9. The highest BCUT2D eigenvalue weighted by atomic mass is 35.5. The third-order valence-corrected chi connectivity index (χ3v) is 3.69. The zero-order valence-electron chi connectivity index (χ0n) is 11.1. The third-order valence-electron chi connectivity index (χ3n) is 3.39. The van der Waals surface area contributed by atoms with Gasteiger partial charge >= 0.3 is 0 Å². The molecule has 0 aliphatic carbocycles. The third kappa shape index (κ3) is 2.21. The lowest BCUT2D eigenvalue weighted by Crippen LogP contribution is -2.00. The van der Waals surface area contributed by atoms with E-state index in [9.17, 15) is 0 Å². The highest BCUT2D eigenvalue weighted by Gasteiger charge is 2.07. The van der Waals surface area contributed by atoms with Crippen molar-refractivity contribution in [3.05, 3.63) is 59.2 Å². The second kappa shape index (κ2) is 5.10. The number of halogens is 1. The summed E-state index contributed by atoms with van der Waals surface area (Å²) in [6.45, 7) is 0.724. The van der Waals surface area contributed by atoms with Crippen molar-refractivity contribution in [1.82, 2.24) is 4.57 Å². The highest BCUT2D eigenvalue weighted by Crippen LogP contribution is 2.27. The summed E-state index contributed by atoms with van der Waals surface area (Å²) in [7, 11) is 1.62. The van der Waals surface area contributed by atoms with Crippen molar-refractivity contribution >= 4 is 28.2 Å². The van der Waals surface area contributed by atoms with E-state index in [0.29, 0.717) is 11.4 Å². The molecule has 0 bridgehead atoms. The molecule has 3 aromatic rings. The van der Waals surface area contributed by atoms with Gasteiger partial charge < -0.3 is 15.0 Å². The van der Waals surface area contributed by atoms with Crippen LogP contribution >= 0.6 is 11.6 Å². The number of aromatic nitrogens is 1. The van der Waals surface area contributed by atoms with Gasteiger partial charge in [0.2, 0.25) is 0 Å². The van der Waals surface area contributed by atoms with Crippen LogP contribution in [0, 0.1) is 0 Å². The van der Waals surface area contributed by atoms with Crippen LogP contribution in [-0.4, -0.2) is 11.7 Å². The Bertz CT molecular complexity index is 764. The minimum Gasteiger partial charge on any atom is -0.495 e. The first kappa shape index (κ1) is 12.9. The van der Waals surface area contributed by atoms with E-state index < -0.39 is 0 Å². The van der Waals surface area contributed by atoms with Crippen molar-refractivity contribution in [2.24, 2.45) is 0 Å². The zero-order valence-corrected chi connectivity index (χ0v) is 11.9. The number of nitrogen functional groups attached to an aromatic ring is 1. The number of hydrogen-bond donors (Lipinski definition) is 1. The first-order valence-corrected chi connectivity index (χ1v) is 6.72. The summed E-state index contributed by atoms with van der Waals surface area (Å²) < 4.78 is 7.30. The van der Waals surface area contributed by atoms with Crippen LogP contribution in [0.25, 0.3) is 10.9 Å². The Labute approximate surface area is 122 Å². The molecule has 4 heteroatoms. The molecule has 2 aromatic carbocycles. The van der Waals surface area contributed by atoms with Gasteiger partial charge in [-0.2, -0.15) is 0 Å². The number of hydrogen-bond acceptors (Lipinski definition) is 2. The van der Waals surface area contributed by atoms with Crippen molar-refractivity contribution in [1.29, 1.82) is 0 Å². The van der Waals surface area contributed by atoms with E-state index >= 15 is 0 Å². The largest absolute Gasteiger partial charge is 0.495 e. The Morgan fingerprint density at radius 2 is 2.00 bits per heavy atom. The number of benzene rings is 2. The number of nitrogens with two attached hydrogens (primary N) is 1. The Morgan fingerprint density at radius 1 is 1.20 bits per heavy atom. The molecule has 0 amide bonds. The molecule has 2 N–H and O–H groups in total. The van der Waals surface area contributed by atoms with Gasteiger partial charge in [-0.3, -0.25) is 0 Å². The maximum absolute atomic E-state index is 6.26. The molecular weight excluding hydrogens is 272 g/mol. The molecule has 3 nitrogen and oxygen atoms in total. The lowest BCUT2D eigenvalue weighted by molar-refractivity contribution is 0.417. The molecule has 0 aliphatic heterocycles. The van der Waals surface area contributed by atoms with E-state index in [1.54, 1.807) is 7.11 Å². The predicted molar refractivity (Wildman–Crippen MR) is 83.5 cm³/mol. The summed E-state index contributed by atoms with van der Waals surface area (Å²) in [4.78, 5) is 0. The van der Waals surface area contributed by atoms with Crippen LogP contribution in [0.4, 0.5) is 5.69 Å². The molecule has 102 valence electrons. The Morgan fingerprint density at radius 3 is 2.75 bits per heavy atom. The number of nitrogens with zero attached hydrogens (tertiary/aromatic N) is 1. The van der Waals surface area contributed by atoms with Crippen molar-refractivity contribution in [3.63, 3.8) is 0 Å². The van der Waals surface area contributed by atoms with E-state index in [1.807, 2.05) is 42.6 Å². The van der Waals surface area contributed by atoms with Gasteiger partial charge in [0.05, 0.1) is 17.8 Å². The molecule has 3 rings (SSSR count). The molecule has 1 aromatic heterocycles. The number of methoxy groups -OCH3 is 1. The van der Waals surface area contributed by atoms with Gasteiger partial charge in [-0.1, -0.05) is 35.9 Å². The number of fused-ring (bicyclic) bond motifs is 1. The molecular formula is C16H15ClN2O. The van der Waals surface area contributed by atoms with Crippen LogP contribution in [0.15, 0.2) is 48.7 Å². The predicted octanol–water partition coefficient (Wildman–Crippen LogP) is 3.93. The molecule has 0 saturated heterocycles. The lowest BCUT2D eigenvalue weighted by atomic mass is 10.2. The fourth-order valence-corrected chi connectivity index (χ4v) is 2.69. The number of para-hydroxylation sites is 1. The average Bonchev–Trinajstić information content (AvgIpc) is 2.76. The molecule has 0 fully saturated rings. The summed E-state index contributed by atoms with van der Waals surface area (Å²) in [5, 5.41) is 1.83. The first-order valence-electron chi connectivity index (χ1n) is 6.35. The second-order valence-electron chi connectivity index (χ2n) is 4.70. The minimum absolute atomic E-state index is 0.646. The fraction of sp³-hybridized carbons (Fsp3) is 0.125. The zero-order chi connectivity index (χ0) is 14.1. The van der Waals surface area contributed by atoms with Crippen LogP contribution in [0.1, 0.15) is 5.56 Å². The van der Waals surface area contributed by atoms with E-state index in [2.05, 4.69) is 10.6 Å². The summed E-state index contributed by atoms with van der Waals surface area (Å²) >= 11 is 6.26. The monoisotopic (exact) mass is 286 g/mol. The van der Waals surface area contributed by atoms with Crippen LogP contribution in [0.5, 0.6) is 5.75 Å². The molecule has 0 spiro atoms. The van der Waals surface area contributed by atoms with E-state index in [-0.39, 0.29) is 0 Å². The van der Waals surface area contributed by atoms with Crippen LogP contribution in [0.3, 0.4) is 0 Å². The Hall–Kier alpha value is -2.13. The standard InChI is InChI=1S/C16H15ClN2O/c1-20-16-7-6-11(8-14(16)18)9-19-10-13(17)12-4-2-3-5-15(12)19/h2-8,10H,9,18H2,1H3.